The zero-order valence-electron chi connectivity index (χ0n) is 12.2. The van der Waals surface area contributed by atoms with Gasteiger partial charge in [0.25, 0.3) is 0 Å². The fourth-order valence-electron chi connectivity index (χ4n) is 1.90. The van der Waals surface area contributed by atoms with Crippen molar-refractivity contribution in [3.63, 3.8) is 0 Å². The average molecular weight is 260 g/mol. The lowest BCUT2D eigenvalue weighted by molar-refractivity contribution is 0.194. The van der Waals surface area contributed by atoms with Gasteiger partial charge in [-0.1, -0.05) is 33.3 Å². The highest BCUT2D eigenvalue weighted by Gasteiger charge is 2.07. The van der Waals surface area contributed by atoms with E-state index in [0.717, 1.165) is 31.3 Å². The minimum absolute atomic E-state index is 0.643. The molecule has 0 saturated heterocycles. The molecule has 0 aromatic heterocycles. The number of nitriles is 1. The molecular weight excluding hydrogens is 236 g/mol. The van der Waals surface area contributed by atoms with E-state index in [-0.39, 0.29) is 0 Å². The van der Waals surface area contributed by atoms with Crippen molar-refractivity contribution in [3.8, 4) is 11.8 Å². The van der Waals surface area contributed by atoms with Crippen LogP contribution in [0.2, 0.25) is 0 Å². The van der Waals surface area contributed by atoms with Crippen LogP contribution in [0.4, 0.5) is 0 Å². The van der Waals surface area contributed by atoms with Gasteiger partial charge in [0, 0.05) is 13.1 Å². The first kappa shape index (κ1) is 15.5. The Kier molecular flexibility index (Phi) is 6.99. The first-order valence-electron chi connectivity index (χ1n) is 7.04. The highest BCUT2D eigenvalue weighted by Crippen LogP contribution is 2.12. The van der Waals surface area contributed by atoms with E-state index in [4.69, 9.17) is 10.00 Å². The Morgan fingerprint density at radius 3 is 2.79 bits per heavy atom. The smallest absolute Gasteiger partial charge is 0.120 e. The first-order chi connectivity index (χ1) is 9.19. The zero-order valence-corrected chi connectivity index (χ0v) is 12.2. The fraction of sp³-hybridized carbons (Fsp3) is 0.562. The molecule has 0 radical (unpaired) electrons. The summed E-state index contributed by atoms with van der Waals surface area (Å²) in [5.74, 6) is 1.50. The van der Waals surface area contributed by atoms with E-state index in [1.54, 1.807) is 12.1 Å². The first-order valence-corrected chi connectivity index (χ1v) is 7.04. The number of hydrogen-bond donors (Lipinski definition) is 0. The van der Waals surface area contributed by atoms with Gasteiger partial charge in [0.05, 0.1) is 11.6 Å². The molecule has 1 unspecified atom stereocenters. The van der Waals surface area contributed by atoms with Crippen molar-refractivity contribution in [2.24, 2.45) is 5.92 Å². The summed E-state index contributed by atoms with van der Waals surface area (Å²) in [6.07, 6.45) is 1.21. The largest absolute Gasteiger partial charge is 0.492 e. The number of likely N-dealkylation sites (N-methyl/N-ethyl adjacent to an activating group) is 1. The number of rotatable bonds is 8. The molecule has 0 fully saturated rings. The van der Waals surface area contributed by atoms with Crippen LogP contribution in [0.1, 0.15) is 32.8 Å². The third-order valence-corrected chi connectivity index (χ3v) is 3.35. The molecule has 0 amide bonds. The third-order valence-electron chi connectivity index (χ3n) is 3.35. The Bertz CT molecular complexity index is 411. The molecule has 0 aliphatic carbocycles. The summed E-state index contributed by atoms with van der Waals surface area (Å²) in [6.45, 7) is 10.4. The van der Waals surface area contributed by atoms with Gasteiger partial charge in [0.1, 0.15) is 12.4 Å². The summed E-state index contributed by atoms with van der Waals surface area (Å²) in [4.78, 5) is 2.41. The van der Waals surface area contributed by atoms with Crippen LogP contribution in [-0.2, 0) is 0 Å². The van der Waals surface area contributed by atoms with E-state index in [9.17, 15) is 0 Å². The summed E-state index contributed by atoms with van der Waals surface area (Å²) < 4.78 is 5.70. The summed E-state index contributed by atoms with van der Waals surface area (Å²) in [6, 6.07) is 9.44. The van der Waals surface area contributed by atoms with Crippen LogP contribution in [0.15, 0.2) is 24.3 Å². The van der Waals surface area contributed by atoms with Gasteiger partial charge in [0.15, 0.2) is 0 Å². The van der Waals surface area contributed by atoms with Crippen LogP contribution in [0.25, 0.3) is 0 Å². The summed E-state index contributed by atoms with van der Waals surface area (Å²) in [5.41, 5.74) is 0.643. The minimum Gasteiger partial charge on any atom is -0.492 e. The lowest BCUT2D eigenvalue weighted by Crippen LogP contribution is -2.32. The SMILES string of the molecule is CCC(C)CN(CC)CCOc1cccc(C#N)c1. The Morgan fingerprint density at radius 1 is 1.37 bits per heavy atom. The molecule has 1 atom stereocenters. The second-order valence-electron chi connectivity index (χ2n) is 4.89. The number of ether oxygens (including phenoxy) is 1. The molecular formula is C16H24N2O. The van der Waals surface area contributed by atoms with Crippen molar-refractivity contribution in [3.05, 3.63) is 29.8 Å². The molecule has 0 aliphatic rings. The predicted molar refractivity (Wildman–Crippen MR) is 78.2 cm³/mol. The highest BCUT2D eigenvalue weighted by molar-refractivity contribution is 5.36. The van der Waals surface area contributed by atoms with Crippen molar-refractivity contribution in [1.82, 2.24) is 4.90 Å². The Labute approximate surface area is 116 Å². The lowest BCUT2D eigenvalue weighted by Gasteiger charge is -2.23. The zero-order chi connectivity index (χ0) is 14.1. The molecule has 3 heteroatoms. The molecule has 1 rings (SSSR count). The Morgan fingerprint density at radius 2 is 2.16 bits per heavy atom. The van der Waals surface area contributed by atoms with Crippen molar-refractivity contribution < 1.29 is 4.74 Å². The van der Waals surface area contributed by atoms with Crippen molar-refractivity contribution in [2.45, 2.75) is 27.2 Å². The lowest BCUT2D eigenvalue weighted by atomic mass is 10.1. The van der Waals surface area contributed by atoms with Crippen LogP contribution < -0.4 is 4.74 Å². The summed E-state index contributed by atoms with van der Waals surface area (Å²) in [7, 11) is 0. The maximum Gasteiger partial charge on any atom is 0.120 e. The topological polar surface area (TPSA) is 36.3 Å². The van der Waals surface area contributed by atoms with E-state index in [0.29, 0.717) is 12.2 Å². The minimum atomic E-state index is 0.643. The second-order valence-corrected chi connectivity index (χ2v) is 4.89. The number of benzene rings is 1. The van der Waals surface area contributed by atoms with Gasteiger partial charge in [-0.3, -0.25) is 4.90 Å². The molecule has 0 spiro atoms. The van der Waals surface area contributed by atoms with Gasteiger partial charge in [-0.05, 0) is 30.7 Å². The normalized spacial score (nSPS) is 12.2. The molecule has 0 aliphatic heterocycles. The van der Waals surface area contributed by atoms with E-state index >= 15 is 0 Å². The van der Waals surface area contributed by atoms with E-state index in [1.807, 2.05) is 12.1 Å². The molecule has 1 aromatic rings. The quantitative estimate of drug-likeness (QED) is 0.719. The van der Waals surface area contributed by atoms with E-state index in [2.05, 4.69) is 31.7 Å². The summed E-state index contributed by atoms with van der Waals surface area (Å²) in [5, 5.41) is 8.83. The van der Waals surface area contributed by atoms with Crippen LogP contribution in [0, 0.1) is 17.2 Å². The van der Waals surface area contributed by atoms with E-state index in [1.165, 1.54) is 6.42 Å². The van der Waals surface area contributed by atoms with Crippen LogP contribution in [0.5, 0.6) is 5.75 Å². The van der Waals surface area contributed by atoms with Gasteiger partial charge in [-0.15, -0.1) is 0 Å². The molecule has 1 aromatic carbocycles. The predicted octanol–water partition coefficient (Wildman–Crippen LogP) is 3.31. The Hall–Kier alpha value is -1.53. The molecule has 0 saturated carbocycles. The molecule has 3 nitrogen and oxygen atoms in total. The molecule has 104 valence electrons. The standard InChI is InChI=1S/C16H24N2O/c1-4-14(3)13-18(5-2)9-10-19-16-8-6-7-15(11-16)12-17/h6-8,11,14H,4-5,9-10,13H2,1-3H3. The molecule has 19 heavy (non-hydrogen) atoms. The molecule has 0 bridgehead atoms. The van der Waals surface area contributed by atoms with Gasteiger partial charge in [-0.2, -0.15) is 5.26 Å². The number of nitrogens with zero attached hydrogens (tertiary/aromatic N) is 2. The molecule has 0 heterocycles. The van der Waals surface area contributed by atoms with Crippen molar-refractivity contribution in [1.29, 1.82) is 5.26 Å². The van der Waals surface area contributed by atoms with Crippen LogP contribution >= 0.6 is 0 Å². The monoisotopic (exact) mass is 260 g/mol. The maximum absolute atomic E-state index is 8.83. The maximum atomic E-state index is 8.83. The van der Waals surface area contributed by atoms with Gasteiger partial charge in [-0.25, -0.2) is 0 Å². The molecule has 0 N–H and O–H groups in total. The van der Waals surface area contributed by atoms with Crippen LogP contribution in [-0.4, -0.2) is 31.1 Å². The van der Waals surface area contributed by atoms with Crippen molar-refractivity contribution >= 4 is 0 Å². The van der Waals surface area contributed by atoms with Crippen molar-refractivity contribution in [2.75, 3.05) is 26.2 Å². The third kappa shape index (κ3) is 5.76. The fourth-order valence-corrected chi connectivity index (χ4v) is 1.90. The van der Waals surface area contributed by atoms with Gasteiger partial charge in [0.2, 0.25) is 0 Å². The van der Waals surface area contributed by atoms with E-state index < -0.39 is 0 Å². The van der Waals surface area contributed by atoms with Crippen LogP contribution in [0.3, 0.4) is 0 Å². The number of hydrogen-bond acceptors (Lipinski definition) is 3. The Balaban J connectivity index is 2.37. The average Bonchev–Trinajstić information content (AvgIpc) is 2.46. The highest BCUT2D eigenvalue weighted by atomic mass is 16.5. The van der Waals surface area contributed by atoms with Gasteiger partial charge < -0.3 is 4.74 Å². The summed E-state index contributed by atoms with van der Waals surface area (Å²) >= 11 is 0. The van der Waals surface area contributed by atoms with Gasteiger partial charge >= 0.3 is 0 Å². The second kappa shape index (κ2) is 8.55.